The summed E-state index contributed by atoms with van der Waals surface area (Å²) in [6.45, 7) is -0.119. The number of phosphoric ester groups is 1. The molecule has 0 radical (unpaired) electrons. The Kier molecular flexibility index (Phi) is 7.04. The first-order valence-electron chi connectivity index (χ1n) is 11.9. The summed E-state index contributed by atoms with van der Waals surface area (Å²) in [5.41, 5.74) is 1.17. The van der Waals surface area contributed by atoms with E-state index in [0.717, 1.165) is 6.42 Å². The van der Waals surface area contributed by atoms with E-state index in [1.165, 1.54) is 37.9 Å². The summed E-state index contributed by atoms with van der Waals surface area (Å²) in [6, 6.07) is 19.0. The van der Waals surface area contributed by atoms with E-state index in [9.17, 15) is 35.0 Å². The molecule has 4 aromatic carbocycles. The minimum Gasteiger partial charge on any atom is -0.387 e. The first-order chi connectivity index (χ1) is 17.2. The van der Waals surface area contributed by atoms with Gasteiger partial charge in [-0.2, -0.15) is 0 Å². The number of aliphatic hydroxyl groups excluding tert-OH is 5. The molecule has 36 heavy (non-hydrogen) atoms. The van der Waals surface area contributed by atoms with Crippen LogP contribution in [0.3, 0.4) is 0 Å². The van der Waals surface area contributed by atoms with E-state index in [1.807, 2.05) is 0 Å². The molecule has 0 bridgehead atoms. The number of aryl methyl sites for hydroxylation is 1. The van der Waals surface area contributed by atoms with Crippen LogP contribution in [0.2, 0.25) is 0 Å². The van der Waals surface area contributed by atoms with Crippen LogP contribution in [0.5, 0.6) is 0 Å². The Bertz CT molecular complexity index is 1380. The third-order valence-corrected chi connectivity index (χ3v) is 8.06. The van der Waals surface area contributed by atoms with Gasteiger partial charge in [0.05, 0.1) is 6.61 Å². The van der Waals surface area contributed by atoms with Crippen molar-refractivity contribution in [2.24, 2.45) is 0 Å². The maximum Gasteiger partial charge on any atom is 0.472 e. The predicted octanol–water partition coefficient (Wildman–Crippen LogP) is 2.23. The molecule has 3 unspecified atom stereocenters. The topological polar surface area (TPSA) is 157 Å². The van der Waals surface area contributed by atoms with Crippen molar-refractivity contribution < 1.29 is 44.0 Å². The number of hydrogen-bond acceptors (Lipinski definition) is 8. The van der Waals surface area contributed by atoms with Crippen LogP contribution in [0, 0.1) is 0 Å². The zero-order chi connectivity index (χ0) is 25.6. The Morgan fingerprint density at radius 3 is 1.92 bits per heavy atom. The van der Waals surface area contributed by atoms with Gasteiger partial charge in [0.15, 0.2) is 0 Å². The maximum atomic E-state index is 12.3. The summed E-state index contributed by atoms with van der Waals surface area (Å²) < 4.78 is 22.2. The van der Waals surface area contributed by atoms with Gasteiger partial charge < -0.3 is 30.4 Å². The van der Waals surface area contributed by atoms with Crippen molar-refractivity contribution >= 4 is 40.1 Å². The maximum absolute atomic E-state index is 12.3. The van der Waals surface area contributed by atoms with Crippen molar-refractivity contribution in [3.63, 3.8) is 0 Å². The first kappa shape index (κ1) is 25.5. The molecule has 0 spiro atoms. The van der Waals surface area contributed by atoms with E-state index in [0.29, 0.717) is 12.8 Å². The average molecular weight is 516 g/mol. The second-order valence-corrected chi connectivity index (χ2v) is 10.8. The summed E-state index contributed by atoms with van der Waals surface area (Å²) in [4.78, 5) is 10.0. The lowest BCUT2D eigenvalue weighted by molar-refractivity contribution is -0.220. The van der Waals surface area contributed by atoms with E-state index in [2.05, 4.69) is 54.6 Å². The highest BCUT2D eigenvalue weighted by Crippen LogP contribution is 2.47. The third-order valence-electron chi connectivity index (χ3n) is 7.04. The van der Waals surface area contributed by atoms with E-state index in [4.69, 9.17) is 9.05 Å². The van der Waals surface area contributed by atoms with Gasteiger partial charge in [-0.3, -0.25) is 9.05 Å². The second-order valence-electron chi connectivity index (χ2n) is 9.36. The summed E-state index contributed by atoms with van der Waals surface area (Å²) in [6.07, 6.45) is -9.31. The van der Waals surface area contributed by atoms with Gasteiger partial charge in [0.2, 0.25) is 0 Å². The fourth-order valence-corrected chi connectivity index (χ4v) is 6.09. The summed E-state index contributed by atoms with van der Waals surface area (Å²) in [5.74, 6) is 0. The number of benzene rings is 4. The van der Waals surface area contributed by atoms with Crippen molar-refractivity contribution in [1.82, 2.24) is 0 Å². The van der Waals surface area contributed by atoms with Gasteiger partial charge in [0.25, 0.3) is 0 Å². The molecule has 0 aliphatic heterocycles. The molecule has 0 heterocycles. The minimum atomic E-state index is -4.72. The average Bonchev–Trinajstić information content (AvgIpc) is 2.88. The lowest BCUT2D eigenvalue weighted by Crippen LogP contribution is -2.64. The molecule has 0 aromatic heterocycles. The van der Waals surface area contributed by atoms with Gasteiger partial charge in [-0.1, -0.05) is 54.6 Å². The van der Waals surface area contributed by atoms with Crippen LogP contribution in [-0.2, 0) is 20.0 Å². The summed E-state index contributed by atoms with van der Waals surface area (Å²) in [5, 5.41) is 56.3. The highest BCUT2D eigenvalue weighted by Gasteiger charge is 2.51. The normalized spacial score (nSPS) is 28.7. The van der Waals surface area contributed by atoms with Crippen molar-refractivity contribution in [3.8, 4) is 0 Å². The van der Waals surface area contributed by atoms with Gasteiger partial charge in [0, 0.05) is 0 Å². The molecular weight excluding hydrogens is 487 g/mol. The van der Waals surface area contributed by atoms with Gasteiger partial charge in [-0.15, -0.1) is 0 Å². The second kappa shape index (κ2) is 9.95. The molecule has 9 nitrogen and oxygen atoms in total. The van der Waals surface area contributed by atoms with Crippen LogP contribution in [0.4, 0.5) is 0 Å². The number of hydrogen-bond donors (Lipinski definition) is 6. The van der Waals surface area contributed by atoms with Gasteiger partial charge >= 0.3 is 7.82 Å². The fourth-order valence-electron chi connectivity index (χ4n) is 5.12. The van der Waals surface area contributed by atoms with Crippen LogP contribution in [-0.4, -0.2) is 73.7 Å². The zero-order valence-electron chi connectivity index (χ0n) is 19.3. The lowest BCUT2D eigenvalue weighted by Gasteiger charge is -2.41. The van der Waals surface area contributed by atoms with Crippen LogP contribution in [0.1, 0.15) is 18.4 Å². The zero-order valence-corrected chi connectivity index (χ0v) is 20.2. The molecule has 192 valence electrons. The third kappa shape index (κ3) is 4.63. The molecule has 1 saturated carbocycles. The number of aliphatic hydroxyl groups is 5. The molecular formula is C26H29O9P. The molecule has 5 rings (SSSR count). The highest BCUT2D eigenvalue weighted by molar-refractivity contribution is 7.47. The smallest absolute Gasteiger partial charge is 0.387 e. The highest BCUT2D eigenvalue weighted by atomic mass is 31.2. The van der Waals surface area contributed by atoms with Crippen LogP contribution < -0.4 is 0 Å². The van der Waals surface area contributed by atoms with E-state index >= 15 is 0 Å². The van der Waals surface area contributed by atoms with Crippen molar-refractivity contribution in [2.45, 2.75) is 55.9 Å². The molecule has 0 amide bonds. The molecule has 1 fully saturated rings. The molecule has 6 N–H and O–H groups in total. The van der Waals surface area contributed by atoms with Crippen LogP contribution in [0.15, 0.2) is 54.6 Å². The van der Waals surface area contributed by atoms with Crippen molar-refractivity contribution in [1.29, 1.82) is 0 Å². The SMILES string of the molecule is O=P(O)(OCCCCc1ccc2ccc3cccc4ccc1c2c34)OC1[C@@H](O)[C@H](O)C(O)[C@H](O)[C@@H]1O. The number of unbranched alkanes of at least 4 members (excludes halogenated alkanes) is 1. The standard InChI is InChI=1S/C26H29O9P/c27-21-22(28)24(30)26(25(31)23(21)29)35-36(32,33)34-13-2-1-4-14-7-8-17-10-9-15-5-3-6-16-11-12-18(14)20(17)19(15)16/h3,5-12,21-31H,1-2,4,13H2,(H,32,33)/t21?,22-,23+,24-,25-,26?/m0/s1. The van der Waals surface area contributed by atoms with Crippen LogP contribution in [0.25, 0.3) is 32.3 Å². The summed E-state index contributed by atoms with van der Waals surface area (Å²) in [7, 11) is -4.72. The van der Waals surface area contributed by atoms with E-state index < -0.39 is 44.4 Å². The first-order valence-corrected chi connectivity index (χ1v) is 13.4. The van der Waals surface area contributed by atoms with E-state index in [1.54, 1.807) is 0 Å². The van der Waals surface area contributed by atoms with Crippen LogP contribution >= 0.6 is 7.82 Å². The molecule has 1 aliphatic rings. The van der Waals surface area contributed by atoms with Crippen molar-refractivity contribution in [2.75, 3.05) is 6.61 Å². The van der Waals surface area contributed by atoms with Gasteiger partial charge in [-0.05, 0) is 57.1 Å². The Morgan fingerprint density at radius 1 is 0.694 bits per heavy atom. The summed E-state index contributed by atoms with van der Waals surface area (Å²) >= 11 is 0. The Hall–Kier alpha value is -2.17. The van der Waals surface area contributed by atoms with Gasteiger partial charge in [0.1, 0.15) is 36.6 Å². The number of rotatable bonds is 8. The monoisotopic (exact) mass is 516 g/mol. The van der Waals surface area contributed by atoms with Gasteiger partial charge in [-0.25, -0.2) is 4.57 Å². The predicted molar refractivity (Wildman–Crippen MR) is 134 cm³/mol. The van der Waals surface area contributed by atoms with Crippen molar-refractivity contribution in [3.05, 3.63) is 60.2 Å². The molecule has 7 atom stereocenters. The molecule has 0 saturated heterocycles. The largest absolute Gasteiger partial charge is 0.472 e. The molecule has 1 aliphatic carbocycles. The quantitative estimate of drug-likeness (QED) is 0.117. The number of phosphoric acid groups is 1. The Labute approximate surface area is 207 Å². The Balaban J connectivity index is 1.20. The Morgan fingerprint density at radius 2 is 1.25 bits per heavy atom. The lowest BCUT2D eigenvalue weighted by atomic mass is 9.85. The molecule has 10 heteroatoms. The minimum absolute atomic E-state index is 0.119. The van der Waals surface area contributed by atoms with E-state index in [-0.39, 0.29) is 6.61 Å². The fraction of sp³-hybridized carbons (Fsp3) is 0.385. The molecule has 4 aromatic rings.